The van der Waals surface area contributed by atoms with Gasteiger partial charge >= 0.3 is 0 Å². The molecule has 2 heterocycles. The number of rotatable bonds is 4. The smallest absolute Gasteiger partial charge is 0.127 e. The maximum atomic E-state index is 5.86. The van der Waals surface area contributed by atoms with E-state index in [4.69, 9.17) is 9.47 Å². The average molecular weight is 261 g/mol. The van der Waals surface area contributed by atoms with E-state index < -0.39 is 0 Å². The molecule has 2 aliphatic heterocycles. The number of fused-ring (bicyclic) bond motifs is 1. The molecule has 0 spiro atoms. The first-order chi connectivity index (χ1) is 9.35. The molecule has 2 aliphatic rings. The minimum absolute atomic E-state index is 0.334. The number of para-hydroxylation sites is 1. The number of nitrogens with one attached hydrogen (secondary N) is 1. The van der Waals surface area contributed by atoms with Crippen molar-refractivity contribution in [2.75, 3.05) is 20.3 Å². The summed E-state index contributed by atoms with van der Waals surface area (Å²) in [5.74, 6) is 1.66. The summed E-state index contributed by atoms with van der Waals surface area (Å²) in [5, 5.41) is 3.49. The monoisotopic (exact) mass is 261 g/mol. The van der Waals surface area contributed by atoms with Crippen molar-refractivity contribution >= 4 is 0 Å². The molecule has 1 fully saturated rings. The van der Waals surface area contributed by atoms with Crippen molar-refractivity contribution in [3.8, 4) is 5.75 Å². The lowest BCUT2D eigenvalue weighted by Gasteiger charge is -2.28. The van der Waals surface area contributed by atoms with E-state index >= 15 is 0 Å². The van der Waals surface area contributed by atoms with Gasteiger partial charge in [0.15, 0.2) is 0 Å². The van der Waals surface area contributed by atoms with Crippen LogP contribution in [0.4, 0.5) is 0 Å². The van der Waals surface area contributed by atoms with Gasteiger partial charge < -0.3 is 14.8 Å². The van der Waals surface area contributed by atoms with Crippen LogP contribution in [0.2, 0.25) is 0 Å². The Labute approximate surface area is 115 Å². The van der Waals surface area contributed by atoms with Gasteiger partial charge in [-0.15, -0.1) is 0 Å². The standard InChI is InChI=1S/C16H23NO2/c1-3-14-12(8-10-18-14)15(17-2)13-6-4-5-11-7-9-19-16(11)13/h4-6,12,14-15,17H,3,7-10H2,1-2H3. The lowest BCUT2D eigenvalue weighted by Crippen LogP contribution is -2.30. The van der Waals surface area contributed by atoms with Crippen molar-refractivity contribution in [3.63, 3.8) is 0 Å². The quantitative estimate of drug-likeness (QED) is 0.904. The van der Waals surface area contributed by atoms with Gasteiger partial charge in [0.05, 0.1) is 12.7 Å². The van der Waals surface area contributed by atoms with Gasteiger partial charge in [-0.1, -0.05) is 25.1 Å². The topological polar surface area (TPSA) is 30.5 Å². The Morgan fingerprint density at radius 2 is 2.26 bits per heavy atom. The molecule has 1 aromatic rings. The predicted molar refractivity (Wildman–Crippen MR) is 75.6 cm³/mol. The van der Waals surface area contributed by atoms with Gasteiger partial charge in [0.1, 0.15) is 5.75 Å². The van der Waals surface area contributed by atoms with E-state index in [0.717, 1.165) is 38.2 Å². The van der Waals surface area contributed by atoms with E-state index in [-0.39, 0.29) is 0 Å². The molecule has 3 nitrogen and oxygen atoms in total. The van der Waals surface area contributed by atoms with Crippen LogP contribution in [0.5, 0.6) is 5.75 Å². The maximum absolute atomic E-state index is 5.86. The predicted octanol–water partition coefficient (Wildman–Crippen LogP) is 2.70. The molecule has 1 N–H and O–H groups in total. The van der Waals surface area contributed by atoms with Crippen molar-refractivity contribution in [1.82, 2.24) is 5.32 Å². The second-order valence-electron chi connectivity index (χ2n) is 5.47. The molecule has 104 valence electrons. The molecule has 3 atom stereocenters. The summed E-state index contributed by atoms with van der Waals surface area (Å²) < 4.78 is 11.7. The van der Waals surface area contributed by atoms with Gasteiger partial charge in [0, 0.05) is 30.6 Å². The SMILES string of the molecule is CCC1OCCC1C(NC)c1cccc2c1OCC2. The Morgan fingerprint density at radius 1 is 1.37 bits per heavy atom. The molecule has 0 radical (unpaired) electrons. The van der Waals surface area contributed by atoms with Gasteiger partial charge in [0.25, 0.3) is 0 Å². The van der Waals surface area contributed by atoms with Gasteiger partial charge in [0.2, 0.25) is 0 Å². The first-order valence-electron chi connectivity index (χ1n) is 7.38. The lowest BCUT2D eigenvalue weighted by atomic mass is 9.86. The Morgan fingerprint density at radius 3 is 3.05 bits per heavy atom. The minimum atomic E-state index is 0.334. The van der Waals surface area contributed by atoms with Crippen LogP contribution in [0.25, 0.3) is 0 Å². The molecular weight excluding hydrogens is 238 g/mol. The highest BCUT2D eigenvalue weighted by Gasteiger charge is 2.35. The number of ether oxygens (including phenoxy) is 2. The third kappa shape index (κ3) is 2.26. The second-order valence-corrected chi connectivity index (χ2v) is 5.47. The van der Waals surface area contributed by atoms with Crippen molar-refractivity contribution in [1.29, 1.82) is 0 Å². The molecule has 0 bridgehead atoms. The largest absolute Gasteiger partial charge is 0.493 e. The lowest BCUT2D eigenvalue weighted by molar-refractivity contribution is 0.0780. The summed E-state index contributed by atoms with van der Waals surface area (Å²) in [7, 11) is 2.05. The van der Waals surface area contributed by atoms with E-state index in [1.165, 1.54) is 11.1 Å². The van der Waals surface area contributed by atoms with Crippen LogP contribution in [0.3, 0.4) is 0 Å². The fourth-order valence-electron chi connectivity index (χ4n) is 3.55. The van der Waals surface area contributed by atoms with E-state index in [1.54, 1.807) is 0 Å². The molecular formula is C16H23NO2. The van der Waals surface area contributed by atoms with Crippen LogP contribution in [-0.4, -0.2) is 26.4 Å². The Kier molecular flexibility index (Phi) is 3.76. The van der Waals surface area contributed by atoms with E-state index in [1.807, 2.05) is 7.05 Å². The van der Waals surface area contributed by atoms with Crippen molar-refractivity contribution in [2.45, 2.75) is 38.3 Å². The summed E-state index contributed by atoms with van der Waals surface area (Å²) in [6.07, 6.45) is 3.62. The van der Waals surface area contributed by atoms with Gasteiger partial charge in [-0.2, -0.15) is 0 Å². The molecule has 19 heavy (non-hydrogen) atoms. The van der Waals surface area contributed by atoms with Crippen LogP contribution in [0.15, 0.2) is 18.2 Å². The summed E-state index contributed by atoms with van der Waals surface area (Å²) >= 11 is 0. The fourth-order valence-corrected chi connectivity index (χ4v) is 3.55. The van der Waals surface area contributed by atoms with Crippen LogP contribution in [0.1, 0.15) is 36.9 Å². The molecule has 1 saturated heterocycles. The summed E-state index contributed by atoms with van der Waals surface area (Å²) in [6, 6.07) is 6.88. The summed E-state index contributed by atoms with van der Waals surface area (Å²) in [6.45, 7) is 3.92. The maximum Gasteiger partial charge on any atom is 0.127 e. The molecule has 3 heteroatoms. The highest BCUT2D eigenvalue weighted by atomic mass is 16.5. The molecule has 0 amide bonds. The summed E-state index contributed by atoms with van der Waals surface area (Å²) in [4.78, 5) is 0. The molecule has 3 rings (SSSR count). The van der Waals surface area contributed by atoms with Crippen molar-refractivity contribution < 1.29 is 9.47 Å². The fraction of sp³-hybridized carbons (Fsp3) is 0.625. The van der Waals surface area contributed by atoms with E-state index in [9.17, 15) is 0 Å². The Bertz CT molecular complexity index is 446. The van der Waals surface area contributed by atoms with Gasteiger partial charge in [-0.3, -0.25) is 0 Å². The average Bonchev–Trinajstić information content (AvgIpc) is 3.08. The van der Waals surface area contributed by atoms with Crippen molar-refractivity contribution in [3.05, 3.63) is 29.3 Å². The number of hydrogen-bond donors (Lipinski definition) is 1. The zero-order valence-corrected chi connectivity index (χ0v) is 11.8. The van der Waals surface area contributed by atoms with Crippen LogP contribution in [-0.2, 0) is 11.2 Å². The Hall–Kier alpha value is -1.06. The first kappa shape index (κ1) is 12.9. The molecule has 3 unspecified atom stereocenters. The zero-order chi connectivity index (χ0) is 13.2. The molecule has 0 aromatic heterocycles. The minimum Gasteiger partial charge on any atom is -0.493 e. The zero-order valence-electron chi connectivity index (χ0n) is 11.8. The number of benzene rings is 1. The van der Waals surface area contributed by atoms with Crippen LogP contribution >= 0.6 is 0 Å². The molecule has 1 aromatic carbocycles. The van der Waals surface area contributed by atoms with Gasteiger partial charge in [-0.25, -0.2) is 0 Å². The van der Waals surface area contributed by atoms with E-state index in [2.05, 4.69) is 30.4 Å². The molecule has 0 saturated carbocycles. The third-order valence-corrected chi connectivity index (χ3v) is 4.48. The van der Waals surface area contributed by atoms with Gasteiger partial charge in [-0.05, 0) is 25.5 Å². The third-order valence-electron chi connectivity index (χ3n) is 4.48. The highest BCUT2D eigenvalue weighted by Crippen LogP contribution is 2.40. The second kappa shape index (κ2) is 5.51. The van der Waals surface area contributed by atoms with Crippen molar-refractivity contribution in [2.24, 2.45) is 5.92 Å². The number of hydrogen-bond acceptors (Lipinski definition) is 3. The van der Waals surface area contributed by atoms with Crippen LogP contribution in [0, 0.1) is 5.92 Å². The first-order valence-corrected chi connectivity index (χ1v) is 7.38. The van der Waals surface area contributed by atoms with E-state index in [0.29, 0.717) is 18.1 Å². The molecule has 0 aliphatic carbocycles. The summed E-state index contributed by atoms with van der Waals surface area (Å²) in [5.41, 5.74) is 2.66. The normalized spacial score (nSPS) is 27.1. The highest BCUT2D eigenvalue weighted by molar-refractivity contribution is 5.46. The Balaban J connectivity index is 1.92. The van der Waals surface area contributed by atoms with Crippen LogP contribution < -0.4 is 10.1 Å².